The second-order valence-corrected chi connectivity index (χ2v) is 13.2. The number of benzene rings is 2. The molecule has 0 amide bonds. The lowest BCUT2D eigenvalue weighted by molar-refractivity contribution is 0.242. The van der Waals surface area contributed by atoms with Gasteiger partial charge < -0.3 is 9.64 Å². The first-order valence-corrected chi connectivity index (χ1v) is 15.5. The first-order chi connectivity index (χ1) is 20.6. The van der Waals surface area contributed by atoms with Crippen molar-refractivity contribution in [3.05, 3.63) is 94.9 Å². The van der Waals surface area contributed by atoms with Crippen molar-refractivity contribution in [3.8, 4) is 22.6 Å². The molecular formula is C30H30F2N6O4S. The highest BCUT2D eigenvalue weighted by atomic mass is 32.2. The van der Waals surface area contributed by atoms with Crippen molar-refractivity contribution in [2.75, 3.05) is 37.7 Å². The molecule has 224 valence electrons. The molecule has 2 aromatic heterocycles. The molecule has 10 nitrogen and oxygen atoms in total. The Morgan fingerprint density at radius 3 is 2.19 bits per heavy atom. The Balaban J connectivity index is 1.18. The number of piperazine rings is 1. The van der Waals surface area contributed by atoms with E-state index < -0.39 is 27.2 Å². The molecule has 6 rings (SSSR count). The third-order valence-electron chi connectivity index (χ3n) is 7.84. The summed E-state index contributed by atoms with van der Waals surface area (Å²) in [7, 11) is -3.61. The summed E-state index contributed by atoms with van der Waals surface area (Å²) < 4.78 is 62.8. The topological polar surface area (TPSA) is 111 Å². The second kappa shape index (κ2) is 11.5. The number of nitrogens with zero attached hydrogens (tertiary/aromatic N) is 6. The van der Waals surface area contributed by atoms with Crippen LogP contribution >= 0.6 is 0 Å². The minimum absolute atomic E-state index is 0.0213. The van der Waals surface area contributed by atoms with E-state index in [1.165, 1.54) is 16.8 Å². The van der Waals surface area contributed by atoms with Gasteiger partial charge in [0.05, 0.1) is 24.2 Å². The maximum absolute atomic E-state index is 13.9. The fourth-order valence-electron chi connectivity index (χ4n) is 4.99. The Bertz CT molecular complexity index is 1770. The molecule has 13 heteroatoms. The SMILES string of the molecule is CC1(COc2c(N3CCN(S(=O)(=O)Cc4ccc(-c5cncnc5)cc4)CC3)cnn(-c3cc(F)cc(F)c3)c2=O)CC1. The van der Waals surface area contributed by atoms with Crippen molar-refractivity contribution in [2.24, 2.45) is 5.41 Å². The molecule has 2 fully saturated rings. The molecule has 1 aliphatic heterocycles. The third-order valence-corrected chi connectivity index (χ3v) is 9.69. The molecule has 1 aliphatic carbocycles. The van der Waals surface area contributed by atoms with Crippen molar-refractivity contribution < 1.29 is 21.9 Å². The van der Waals surface area contributed by atoms with Crippen molar-refractivity contribution in [3.63, 3.8) is 0 Å². The van der Waals surface area contributed by atoms with Gasteiger partial charge in [-0.2, -0.15) is 14.1 Å². The minimum atomic E-state index is -3.61. The van der Waals surface area contributed by atoms with E-state index in [0.29, 0.717) is 30.9 Å². The van der Waals surface area contributed by atoms with Gasteiger partial charge in [0.1, 0.15) is 23.6 Å². The van der Waals surface area contributed by atoms with Crippen LogP contribution in [-0.4, -0.2) is 65.3 Å². The number of hydrogen-bond acceptors (Lipinski definition) is 8. The standard InChI is InChI=1S/C30H30F2N6O4S/c1-30(6-7-30)19-42-28-27(17-35-38(29(28)39)26-13-24(31)12-25(32)14-26)36-8-10-37(11-9-36)43(40,41)18-21-2-4-22(5-3-21)23-15-33-20-34-16-23/h2-5,12-17,20H,6-11,18-19H2,1H3. The number of anilines is 1. The van der Waals surface area contributed by atoms with Crippen LogP contribution in [0.3, 0.4) is 0 Å². The summed E-state index contributed by atoms with van der Waals surface area (Å²) in [6, 6.07) is 10.0. The summed E-state index contributed by atoms with van der Waals surface area (Å²) in [5, 5.41) is 4.19. The molecule has 0 bridgehead atoms. The fraction of sp³-hybridized carbons (Fsp3) is 0.333. The van der Waals surface area contributed by atoms with Gasteiger partial charge in [-0.15, -0.1) is 0 Å². The normalized spacial score (nSPS) is 16.7. The van der Waals surface area contributed by atoms with Gasteiger partial charge in [0.15, 0.2) is 0 Å². The summed E-state index contributed by atoms with van der Waals surface area (Å²) in [5.74, 6) is -1.79. The van der Waals surface area contributed by atoms with E-state index in [0.717, 1.165) is 46.8 Å². The van der Waals surface area contributed by atoms with E-state index >= 15 is 0 Å². The lowest BCUT2D eigenvalue weighted by Gasteiger charge is -2.35. The maximum Gasteiger partial charge on any atom is 0.316 e. The van der Waals surface area contributed by atoms with Crippen LogP contribution in [0.4, 0.5) is 14.5 Å². The molecule has 3 heterocycles. The summed E-state index contributed by atoms with van der Waals surface area (Å²) in [5.41, 5.74) is 2.07. The Hall–Kier alpha value is -4.23. The predicted molar refractivity (Wildman–Crippen MR) is 156 cm³/mol. The van der Waals surface area contributed by atoms with Crippen molar-refractivity contribution in [1.82, 2.24) is 24.1 Å². The monoisotopic (exact) mass is 608 g/mol. The number of aromatic nitrogens is 4. The summed E-state index contributed by atoms with van der Waals surface area (Å²) >= 11 is 0. The van der Waals surface area contributed by atoms with Gasteiger partial charge in [-0.25, -0.2) is 27.2 Å². The minimum Gasteiger partial charge on any atom is -0.486 e. The summed E-state index contributed by atoms with van der Waals surface area (Å²) in [6.07, 6.45) is 8.21. The van der Waals surface area contributed by atoms with Crippen LogP contribution in [0.1, 0.15) is 25.3 Å². The van der Waals surface area contributed by atoms with Gasteiger partial charge in [-0.05, 0) is 36.1 Å². The fourth-order valence-corrected chi connectivity index (χ4v) is 6.51. The first kappa shape index (κ1) is 28.9. The molecule has 0 unspecified atom stereocenters. The molecule has 43 heavy (non-hydrogen) atoms. The second-order valence-electron chi connectivity index (χ2n) is 11.3. The van der Waals surface area contributed by atoms with Crippen LogP contribution in [0, 0.1) is 17.0 Å². The zero-order valence-electron chi connectivity index (χ0n) is 23.5. The average Bonchev–Trinajstić information content (AvgIpc) is 3.73. The molecule has 0 spiro atoms. The molecule has 0 atom stereocenters. The van der Waals surface area contributed by atoms with Crippen LogP contribution in [0.15, 0.2) is 72.2 Å². The zero-order chi connectivity index (χ0) is 30.2. The Morgan fingerprint density at radius 1 is 0.907 bits per heavy atom. The highest BCUT2D eigenvalue weighted by Gasteiger charge is 2.39. The van der Waals surface area contributed by atoms with Crippen LogP contribution in [0.2, 0.25) is 0 Å². The van der Waals surface area contributed by atoms with Gasteiger partial charge >= 0.3 is 5.56 Å². The van der Waals surface area contributed by atoms with Crippen LogP contribution in [-0.2, 0) is 15.8 Å². The quantitative estimate of drug-likeness (QED) is 0.282. The molecule has 2 aliphatic rings. The zero-order valence-corrected chi connectivity index (χ0v) is 24.3. The van der Waals surface area contributed by atoms with E-state index in [1.54, 1.807) is 24.5 Å². The van der Waals surface area contributed by atoms with Crippen molar-refractivity contribution in [2.45, 2.75) is 25.5 Å². The largest absolute Gasteiger partial charge is 0.486 e. The Labute approximate surface area is 247 Å². The predicted octanol–water partition coefficient (Wildman–Crippen LogP) is 3.80. The van der Waals surface area contributed by atoms with Crippen molar-refractivity contribution in [1.29, 1.82) is 0 Å². The molecule has 0 N–H and O–H groups in total. The first-order valence-electron chi connectivity index (χ1n) is 13.9. The van der Waals surface area contributed by atoms with Crippen LogP contribution < -0.4 is 15.2 Å². The van der Waals surface area contributed by atoms with Gasteiger partial charge in [-0.3, -0.25) is 4.79 Å². The average molecular weight is 609 g/mol. The van der Waals surface area contributed by atoms with Crippen molar-refractivity contribution >= 4 is 15.7 Å². The smallest absolute Gasteiger partial charge is 0.316 e. The summed E-state index contributed by atoms with van der Waals surface area (Å²) in [4.78, 5) is 23.4. The highest BCUT2D eigenvalue weighted by molar-refractivity contribution is 7.88. The van der Waals surface area contributed by atoms with E-state index in [2.05, 4.69) is 22.0 Å². The summed E-state index contributed by atoms with van der Waals surface area (Å²) in [6.45, 7) is 3.39. The molecular weight excluding hydrogens is 578 g/mol. The van der Waals surface area contributed by atoms with Gasteiger partial charge in [0.25, 0.3) is 0 Å². The van der Waals surface area contributed by atoms with E-state index in [9.17, 15) is 22.0 Å². The number of halogens is 2. The molecule has 4 aromatic rings. The van der Waals surface area contributed by atoms with E-state index in [-0.39, 0.29) is 35.7 Å². The molecule has 1 saturated carbocycles. The highest BCUT2D eigenvalue weighted by Crippen LogP contribution is 2.45. The molecule has 0 radical (unpaired) electrons. The Kier molecular flexibility index (Phi) is 7.69. The van der Waals surface area contributed by atoms with Crippen LogP contribution in [0.5, 0.6) is 5.75 Å². The molecule has 2 aromatic carbocycles. The lowest BCUT2D eigenvalue weighted by Crippen LogP contribution is -2.49. The number of hydrogen-bond donors (Lipinski definition) is 0. The lowest BCUT2D eigenvalue weighted by atomic mass is 10.1. The number of sulfonamides is 1. The third kappa shape index (κ3) is 6.42. The molecule has 1 saturated heterocycles. The number of ether oxygens (including phenoxy) is 1. The van der Waals surface area contributed by atoms with Gasteiger partial charge in [0, 0.05) is 55.6 Å². The van der Waals surface area contributed by atoms with Gasteiger partial charge in [-0.1, -0.05) is 31.2 Å². The van der Waals surface area contributed by atoms with Gasteiger partial charge in [0.2, 0.25) is 15.8 Å². The maximum atomic E-state index is 13.9. The van der Waals surface area contributed by atoms with Crippen LogP contribution in [0.25, 0.3) is 16.8 Å². The van der Waals surface area contributed by atoms with E-state index in [4.69, 9.17) is 4.74 Å². The van der Waals surface area contributed by atoms with E-state index in [1.807, 2.05) is 17.0 Å². The Morgan fingerprint density at radius 2 is 1.56 bits per heavy atom. The number of rotatable bonds is 9.